The summed E-state index contributed by atoms with van der Waals surface area (Å²) in [5.74, 6) is -0.120. The van der Waals surface area contributed by atoms with Gasteiger partial charge < -0.3 is 0 Å². The average Bonchev–Trinajstić information content (AvgIpc) is 2.72. The van der Waals surface area contributed by atoms with Gasteiger partial charge in [0.25, 0.3) is 0 Å². The third-order valence-electron chi connectivity index (χ3n) is 3.94. The summed E-state index contributed by atoms with van der Waals surface area (Å²) in [6.07, 6.45) is 3.78. The summed E-state index contributed by atoms with van der Waals surface area (Å²) in [5.41, 5.74) is 3.02. The van der Waals surface area contributed by atoms with Gasteiger partial charge in [-0.3, -0.25) is 4.79 Å². The van der Waals surface area contributed by atoms with Gasteiger partial charge in [-0.2, -0.15) is 5.26 Å². The van der Waals surface area contributed by atoms with Gasteiger partial charge in [-0.25, -0.2) is 4.98 Å². The van der Waals surface area contributed by atoms with E-state index in [1.807, 2.05) is 61.0 Å². The molecule has 128 valence electrons. The molecule has 0 bridgehead atoms. The van der Waals surface area contributed by atoms with Crippen LogP contribution in [0.25, 0.3) is 11.3 Å². The predicted octanol–water partition coefficient (Wildman–Crippen LogP) is 5.30. The van der Waals surface area contributed by atoms with Gasteiger partial charge in [0.15, 0.2) is 5.78 Å². The first-order chi connectivity index (χ1) is 12.7. The fraction of sp³-hybridized carbons (Fsp3) is 0.0952. The first kappa shape index (κ1) is 18.2. The zero-order valence-corrected chi connectivity index (χ0v) is 16.0. The Morgan fingerprint density at radius 2 is 1.58 bits per heavy atom. The molecule has 3 aromatic rings. The lowest BCUT2D eigenvalue weighted by Crippen LogP contribution is -2.10. The molecule has 26 heavy (non-hydrogen) atoms. The van der Waals surface area contributed by atoms with E-state index in [0.29, 0.717) is 32.3 Å². The maximum atomic E-state index is 13.3. The van der Waals surface area contributed by atoms with E-state index in [-0.39, 0.29) is 5.78 Å². The van der Waals surface area contributed by atoms with Crippen LogP contribution in [0.1, 0.15) is 21.5 Å². The molecule has 0 spiro atoms. The fourth-order valence-corrected chi connectivity index (χ4v) is 4.08. The Bertz CT molecular complexity index is 980. The van der Waals surface area contributed by atoms with Gasteiger partial charge in [0, 0.05) is 16.0 Å². The van der Waals surface area contributed by atoms with Crippen LogP contribution < -0.4 is 0 Å². The number of aromatic nitrogens is 1. The third-order valence-corrected chi connectivity index (χ3v) is 5.44. The molecule has 0 aliphatic carbocycles. The number of thioether (sulfide) groups is 2. The van der Waals surface area contributed by atoms with Crippen molar-refractivity contribution < 1.29 is 4.79 Å². The zero-order chi connectivity index (χ0) is 18.5. The van der Waals surface area contributed by atoms with E-state index < -0.39 is 0 Å². The summed E-state index contributed by atoms with van der Waals surface area (Å²) in [7, 11) is 0. The van der Waals surface area contributed by atoms with Gasteiger partial charge in [-0.15, -0.1) is 23.5 Å². The first-order valence-electron chi connectivity index (χ1n) is 7.92. The number of carbonyl (C=O) groups excluding carboxylic acids is 1. The van der Waals surface area contributed by atoms with Gasteiger partial charge in [0.05, 0.1) is 16.8 Å². The normalized spacial score (nSPS) is 10.3. The first-order valence-corrected chi connectivity index (χ1v) is 10.4. The molecular formula is C21H16N2OS2. The number of ketones is 1. The zero-order valence-electron chi connectivity index (χ0n) is 14.4. The van der Waals surface area contributed by atoms with Crippen LogP contribution in [0.2, 0.25) is 0 Å². The number of benzene rings is 2. The Hall–Kier alpha value is -2.55. The second-order valence-corrected chi connectivity index (χ2v) is 7.04. The van der Waals surface area contributed by atoms with E-state index >= 15 is 0 Å². The molecule has 0 amide bonds. The smallest absolute Gasteiger partial charge is 0.196 e. The Morgan fingerprint density at radius 1 is 0.962 bits per heavy atom. The van der Waals surface area contributed by atoms with E-state index in [2.05, 4.69) is 6.07 Å². The largest absolute Gasteiger partial charge is 0.288 e. The highest BCUT2D eigenvalue weighted by molar-refractivity contribution is 7.99. The van der Waals surface area contributed by atoms with Crippen LogP contribution in [0, 0.1) is 11.3 Å². The topological polar surface area (TPSA) is 53.8 Å². The Balaban J connectivity index is 2.36. The SMILES string of the molecule is CSc1nc(-c2ccccc2)c(C(=O)c2ccccc2)c(SC)c1C#N. The van der Waals surface area contributed by atoms with Crippen molar-refractivity contribution in [1.29, 1.82) is 5.26 Å². The molecule has 1 heterocycles. The lowest BCUT2D eigenvalue weighted by molar-refractivity contribution is 0.103. The monoisotopic (exact) mass is 376 g/mol. The van der Waals surface area contributed by atoms with Gasteiger partial charge in [-0.05, 0) is 12.5 Å². The average molecular weight is 377 g/mol. The van der Waals surface area contributed by atoms with Crippen molar-refractivity contribution >= 4 is 29.3 Å². The number of carbonyl (C=O) groups is 1. The lowest BCUT2D eigenvalue weighted by atomic mass is 9.97. The summed E-state index contributed by atoms with van der Waals surface area (Å²) in [6.45, 7) is 0. The number of hydrogen-bond donors (Lipinski definition) is 0. The van der Waals surface area contributed by atoms with E-state index in [4.69, 9.17) is 4.98 Å². The molecule has 3 nitrogen and oxygen atoms in total. The maximum Gasteiger partial charge on any atom is 0.196 e. The van der Waals surface area contributed by atoms with Crippen molar-refractivity contribution in [3.05, 3.63) is 77.4 Å². The Labute approximate surface area is 161 Å². The number of nitriles is 1. The molecule has 1 aromatic heterocycles. The number of pyridine rings is 1. The molecule has 0 saturated carbocycles. The molecule has 0 unspecified atom stereocenters. The minimum atomic E-state index is -0.120. The number of hydrogen-bond acceptors (Lipinski definition) is 5. The summed E-state index contributed by atoms with van der Waals surface area (Å²) in [5, 5.41) is 10.3. The number of nitrogens with zero attached hydrogens (tertiary/aromatic N) is 2. The van der Waals surface area contributed by atoms with E-state index in [1.165, 1.54) is 23.5 Å². The van der Waals surface area contributed by atoms with Crippen LogP contribution in [-0.2, 0) is 0 Å². The predicted molar refractivity (Wildman–Crippen MR) is 108 cm³/mol. The minimum absolute atomic E-state index is 0.120. The molecule has 0 radical (unpaired) electrons. The number of rotatable bonds is 5. The van der Waals surface area contributed by atoms with Crippen LogP contribution in [0.15, 0.2) is 70.6 Å². The van der Waals surface area contributed by atoms with Crippen molar-refractivity contribution in [1.82, 2.24) is 4.98 Å². The summed E-state index contributed by atoms with van der Waals surface area (Å²) in [6, 6.07) is 21.0. The van der Waals surface area contributed by atoms with Crippen molar-refractivity contribution in [2.45, 2.75) is 9.92 Å². The second kappa shape index (κ2) is 8.22. The molecule has 3 rings (SSSR count). The van der Waals surface area contributed by atoms with Crippen molar-refractivity contribution in [2.75, 3.05) is 12.5 Å². The lowest BCUT2D eigenvalue weighted by Gasteiger charge is -2.16. The minimum Gasteiger partial charge on any atom is -0.288 e. The molecule has 0 atom stereocenters. The molecule has 0 aliphatic heterocycles. The van der Waals surface area contributed by atoms with Crippen LogP contribution in [-0.4, -0.2) is 23.3 Å². The van der Waals surface area contributed by atoms with Crippen molar-refractivity contribution in [2.24, 2.45) is 0 Å². The highest BCUT2D eigenvalue weighted by Crippen LogP contribution is 2.37. The van der Waals surface area contributed by atoms with E-state index in [1.54, 1.807) is 12.1 Å². The van der Waals surface area contributed by atoms with Crippen LogP contribution >= 0.6 is 23.5 Å². The molecule has 2 aromatic carbocycles. The summed E-state index contributed by atoms with van der Waals surface area (Å²) >= 11 is 2.83. The molecule has 0 saturated heterocycles. The molecule has 0 N–H and O–H groups in total. The van der Waals surface area contributed by atoms with Gasteiger partial charge in [0.2, 0.25) is 0 Å². The highest BCUT2D eigenvalue weighted by Gasteiger charge is 2.25. The van der Waals surface area contributed by atoms with E-state index in [0.717, 1.165) is 5.56 Å². The molecule has 0 fully saturated rings. The van der Waals surface area contributed by atoms with Crippen LogP contribution in [0.3, 0.4) is 0 Å². The summed E-state index contributed by atoms with van der Waals surface area (Å²) in [4.78, 5) is 18.7. The highest BCUT2D eigenvalue weighted by atomic mass is 32.2. The fourth-order valence-electron chi connectivity index (χ4n) is 2.74. The maximum absolute atomic E-state index is 13.3. The third kappa shape index (κ3) is 3.39. The second-order valence-electron chi connectivity index (χ2n) is 5.43. The Morgan fingerprint density at radius 3 is 2.12 bits per heavy atom. The van der Waals surface area contributed by atoms with E-state index in [9.17, 15) is 10.1 Å². The molecular weight excluding hydrogens is 360 g/mol. The van der Waals surface area contributed by atoms with Crippen LogP contribution in [0.4, 0.5) is 0 Å². The molecule has 0 aliphatic rings. The van der Waals surface area contributed by atoms with Crippen molar-refractivity contribution in [3.63, 3.8) is 0 Å². The Kier molecular flexibility index (Phi) is 5.77. The molecule has 5 heteroatoms. The van der Waals surface area contributed by atoms with Crippen LogP contribution in [0.5, 0.6) is 0 Å². The van der Waals surface area contributed by atoms with Gasteiger partial charge >= 0.3 is 0 Å². The standard InChI is InChI=1S/C21H16N2OS2/c1-25-20-16(13-22)21(26-2)23-18(14-9-5-3-6-10-14)17(20)19(24)15-11-7-4-8-12-15/h3-12H,1-2H3. The van der Waals surface area contributed by atoms with Gasteiger partial charge in [-0.1, -0.05) is 60.7 Å². The quantitative estimate of drug-likeness (QED) is 0.447. The summed E-state index contributed by atoms with van der Waals surface area (Å²) < 4.78 is 0. The van der Waals surface area contributed by atoms with Gasteiger partial charge in [0.1, 0.15) is 11.1 Å². The van der Waals surface area contributed by atoms with Crippen molar-refractivity contribution in [3.8, 4) is 17.3 Å².